The van der Waals surface area contributed by atoms with Crippen LogP contribution in [0.15, 0.2) is 24.3 Å². The summed E-state index contributed by atoms with van der Waals surface area (Å²) in [6.07, 6.45) is 5.77. The molecule has 2 aliphatic rings. The minimum Gasteiger partial charge on any atom is -0.394 e. The highest BCUT2D eigenvalue weighted by Gasteiger charge is 2.28. The maximum Gasteiger partial charge on any atom is 0.322 e. The molecule has 156 valence electrons. The molecule has 1 aromatic carbocycles. The molecule has 3 rings (SSSR count). The molecule has 0 radical (unpaired) electrons. The van der Waals surface area contributed by atoms with Crippen LogP contribution in [0.2, 0.25) is 0 Å². The van der Waals surface area contributed by atoms with Crippen molar-refractivity contribution in [3.8, 4) is 0 Å². The minimum atomic E-state index is -0.123. The van der Waals surface area contributed by atoms with E-state index in [1.807, 2.05) is 12.1 Å². The average Bonchev–Trinajstić information content (AvgIpc) is 3.18. The fourth-order valence-electron chi connectivity index (χ4n) is 4.09. The Kier molecular flexibility index (Phi) is 7.71. The SMILES string of the molecule is CC(C)N(Cc1ccc(NC(=O)N2CCC[C@@H]2CO)cc1)C[C@@H]1CCCCO1. The van der Waals surface area contributed by atoms with Crippen LogP contribution in [0.1, 0.15) is 51.5 Å². The van der Waals surface area contributed by atoms with Crippen molar-refractivity contribution in [2.45, 2.75) is 70.7 Å². The Labute approximate surface area is 168 Å². The highest BCUT2D eigenvalue weighted by molar-refractivity contribution is 5.89. The van der Waals surface area contributed by atoms with Gasteiger partial charge >= 0.3 is 6.03 Å². The molecule has 2 fully saturated rings. The molecule has 0 unspecified atom stereocenters. The number of rotatable bonds is 7. The first kappa shape index (κ1) is 21.1. The Morgan fingerprint density at radius 3 is 2.68 bits per heavy atom. The zero-order valence-electron chi connectivity index (χ0n) is 17.3. The number of amides is 2. The van der Waals surface area contributed by atoms with Gasteiger partial charge < -0.3 is 20.1 Å². The largest absolute Gasteiger partial charge is 0.394 e. The van der Waals surface area contributed by atoms with Crippen LogP contribution < -0.4 is 5.32 Å². The van der Waals surface area contributed by atoms with Crippen LogP contribution in [-0.4, -0.2) is 65.4 Å². The summed E-state index contributed by atoms with van der Waals surface area (Å²) < 4.78 is 5.91. The predicted molar refractivity (Wildman–Crippen MR) is 111 cm³/mol. The van der Waals surface area contributed by atoms with Crippen molar-refractivity contribution in [3.05, 3.63) is 29.8 Å². The number of urea groups is 1. The highest BCUT2D eigenvalue weighted by atomic mass is 16.5. The van der Waals surface area contributed by atoms with E-state index in [4.69, 9.17) is 4.74 Å². The first-order valence-electron chi connectivity index (χ1n) is 10.7. The molecule has 0 aliphatic carbocycles. The molecule has 2 aliphatic heterocycles. The molecule has 2 saturated heterocycles. The summed E-state index contributed by atoms with van der Waals surface area (Å²) in [6.45, 7) is 7.93. The van der Waals surface area contributed by atoms with Crippen LogP contribution in [0.3, 0.4) is 0 Å². The van der Waals surface area contributed by atoms with Gasteiger partial charge in [0.2, 0.25) is 0 Å². The van der Waals surface area contributed by atoms with E-state index in [1.165, 1.54) is 18.4 Å². The van der Waals surface area contributed by atoms with Gasteiger partial charge in [0.25, 0.3) is 0 Å². The molecule has 2 amide bonds. The van der Waals surface area contributed by atoms with Gasteiger partial charge in [0, 0.05) is 38.0 Å². The number of aliphatic hydroxyl groups excluding tert-OH is 1. The zero-order valence-corrected chi connectivity index (χ0v) is 17.3. The topological polar surface area (TPSA) is 65.0 Å². The number of likely N-dealkylation sites (tertiary alicyclic amines) is 1. The third-order valence-corrected chi connectivity index (χ3v) is 5.88. The smallest absolute Gasteiger partial charge is 0.322 e. The molecule has 0 bridgehead atoms. The molecule has 2 N–H and O–H groups in total. The number of hydrogen-bond donors (Lipinski definition) is 2. The van der Waals surface area contributed by atoms with Crippen LogP contribution in [0.5, 0.6) is 0 Å². The van der Waals surface area contributed by atoms with Gasteiger partial charge in [0.1, 0.15) is 0 Å². The molecule has 0 aromatic heterocycles. The molecule has 2 atom stereocenters. The second-order valence-electron chi connectivity index (χ2n) is 8.31. The summed E-state index contributed by atoms with van der Waals surface area (Å²) in [5.74, 6) is 0. The molecule has 28 heavy (non-hydrogen) atoms. The van der Waals surface area contributed by atoms with Gasteiger partial charge in [-0.05, 0) is 63.6 Å². The summed E-state index contributed by atoms with van der Waals surface area (Å²) in [6, 6.07) is 8.37. The minimum absolute atomic E-state index is 0.0299. The number of benzene rings is 1. The Morgan fingerprint density at radius 1 is 1.25 bits per heavy atom. The van der Waals surface area contributed by atoms with Crippen LogP contribution in [0, 0.1) is 0 Å². The van der Waals surface area contributed by atoms with Gasteiger partial charge in [-0.3, -0.25) is 4.90 Å². The number of nitrogens with one attached hydrogen (secondary N) is 1. The monoisotopic (exact) mass is 389 g/mol. The summed E-state index contributed by atoms with van der Waals surface area (Å²) in [7, 11) is 0. The number of carbonyl (C=O) groups is 1. The van der Waals surface area contributed by atoms with Crippen molar-refractivity contribution >= 4 is 11.7 Å². The fraction of sp³-hybridized carbons (Fsp3) is 0.682. The number of aliphatic hydroxyl groups is 1. The predicted octanol–water partition coefficient (Wildman–Crippen LogP) is 3.45. The lowest BCUT2D eigenvalue weighted by molar-refractivity contribution is -0.0129. The van der Waals surface area contributed by atoms with E-state index in [9.17, 15) is 9.90 Å². The lowest BCUT2D eigenvalue weighted by atomic mass is 10.1. The zero-order chi connectivity index (χ0) is 19.9. The van der Waals surface area contributed by atoms with Crippen LogP contribution in [0.4, 0.5) is 10.5 Å². The van der Waals surface area contributed by atoms with Crippen LogP contribution in [0.25, 0.3) is 0 Å². The number of nitrogens with zero attached hydrogens (tertiary/aromatic N) is 2. The van der Waals surface area contributed by atoms with E-state index in [-0.39, 0.29) is 18.7 Å². The molecular weight excluding hydrogens is 354 g/mol. The standard InChI is InChI=1S/C22H35N3O3/c1-17(2)24(15-21-7-3-4-13-28-21)14-18-8-10-19(11-9-18)23-22(27)25-12-5-6-20(25)16-26/h8-11,17,20-21,26H,3-7,12-16H2,1-2H3,(H,23,27)/t20-,21+/m1/s1. The molecular formula is C22H35N3O3. The van der Waals surface area contributed by atoms with Gasteiger partial charge in [-0.2, -0.15) is 0 Å². The van der Waals surface area contributed by atoms with Gasteiger partial charge in [-0.1, -0.05) is 12.1 Å². The molecule has 0 saturated carbocycles. The van der Waals surface area contributed by atoms with Gasteiger partial charge in [-0.15, -0.1) is 0 Å². The number of hydrogen-bond acceptors (Lipinski definition) is 4. The van der Waals surface area contributed by atoms with Crippen molar-refractivity contribution in [3.63, 3.8) is 0 Å². The normalized spacial score (nSPS) is 22.8. The van der Waals surface area contributed by atoms with Gasteiger partial charge in [0.15, 0.2) is 0 Å². The summed E-state index contributed by atoms with van der Waals surface area (Å²) >= 11 is 0. The summed E-state index contributed by atoms with van der Waals surface area (Å²) in [4.78, 5) is 16.6. The van der Waals surface area contributed by atoms with Crippen molar-refractivity contribution < 1.29 is 14.6 Å². The lowest BCUT2D eigenvalue weighted by Gasteiger charge is -2.32. The Hall–Kier alpha value is -1.63. The van der Waals surface area contributed by atoms with E-state index in [0.29, 0.717) is 18.7 Å². The van der Waals surface area contributed by atoms with E-state index >= 15 is 0 Å². The summed E-state index contributed by atoms with van der Waals surface area (Å²) in [5.41, 5.74) is 2.03. The first-order valence-corrected chi connectivity index (χ1v) is 10.7. The Balaban J connectivity index is 1.54. The molecule has 6 heteroatoms. The lowest BCUT2D eigenvalue weighted by Crippen LogP contribution is -2.40. The third kappa shape index (κ3) is 5.69. The molecule has 1 aromatic rings. The quantitative estimate of drug-likeness (QED) is 0.750. The van der Waals surface area contributed by atoms with Crippen molar-refractivity contribution in [1.29, 1.82) is 0 Å². The maximum atomic E-state index is 12.4. The Bertz CT molecular complexity index is 614. The average molecular weight is 390 g/mol. The second kappa shape index (κ2) is 10.2. The van der Waals surface area contributed by atoms with Crippen LogP contribution in [-0.2, 0) is 11.3 Å². The Morgan fingerprint density at radius 2 is 2.04 bits per heavy atom. The molecule has 2 heterocycles. The van der Waals surface area contributed by atoms with Crippen LogP contribution >= 0.6 is 0 Å². The number of anilines is 1. The van der Waals surface area contributed by atoms with E-state index < -0.39 is 0 Å². The highest BCUT2D eigenvalue weighted by Crippen LogP contribution is 2.20. The first-order chi connectivity index (χ1) is 13.6. The van der Waals surface area contributed by atoms with Crippen molar-refractivity contribution in [1.82, 2.24) is 9.80 Å². The second-order valence-corrected chi connectivity index (χ2v) is 8.31. The third-order valence-electron chi connectivity index (χ3n) is 5.88. The summed E-state index contributed by atoms with van der Waals surface area (Å²) in [5, 5.41) is 12.4. The number of ether oxygens (including phenoxy) is 1. The van der Waals surface area contributed by atoms with E-state index in [2.05, 4.69) is 36.2 Å². The van der Waals surface area contributed by atoms with Gasteiger partial charge in [-0.25, -0.2) is 4.79 Å². The number of carbonyl (C=O) groups excluding carboxylic acids is 1. The maximum absolute atomic E-state index is 12.4. The van der Waals surface area contributed by atoms with Crippen molar-refractivity contribution in [2.24, 2.45) is 0 Å². The van der Waals surface area contributed by atoms with Crippen molar-refractivity contribution in [2.75, 3.05) is 31.6 Å². The molecule has 0 spiro atoms. The fourth-order valence-corrected chi connectivity index (χ4v) is 4.09. The van der Waals surface area contributed by atoms with E-state index in [0.717, 1.165) is 44.6 Å². The van der Waals surface area contributed by atoms with E-state index in [1.54, 1.807) is 4.90 Å². The molecule has 6 nitrogen and oxygen atoms in total. The van der Waals surface area contributed by atoms with Gasteiger partial charge in [0.05, 0.1) is 18.8 Å².